The van der Waals surface area contributed by atoms with Crippen molar-refractivity contribution < 1.29 is 4.39 Å². The largest absolute Gasteiger partial charge is 0.250 e. The topological polar surface area (TPSA) is 23.8 Å². The van der Waals surface area contributed by atoms with Gasteiger partial charge in [0, 0.05) is 5.92 Å². The highest BCUT2D eigenvalue weighted by molar-refractivity contribution is 5.42. The Morgan fingerprint density at radius 3 is 2.85 bits per heavy atom. The second-order valence-electron chi connectivity index (χ2n) is 3.05. The summed E-state index contributed by atoms with van der Waals surface area (Å²) in [5.74, 6) is -0.436. The smallest absolute Gasteiger partial charge is 0.0994 e. The van der Waals surface area contributed by atoms with Gasteiger partial charge in [-0.05, 0) is 25.5 Å². The van der Waals surface area contributed by atoms with Crippen LogP contribution in [0, 0.1) is 25.2 Å². The van der Waals surface area contributed by atoms with Gasteiger partial charge in [0.05, 0.1) is 18.3 Å². The molecule has 0 aromatic heterocycles. The van der Waals surface area contributed by atoms with E-state index in [0.29, 0.717) is 11.1 Å². The molecule has 2 heteroatoms. The van der Waals surface area contributed by atoms with Gasteiger partial charge in [-0.15, -0.1) is 0 Å². The number of rotatable bonds is 2. The molecule has 0 amide bonds. The second-order valence-corrected chi connectivity index (χ2v) is 3.05. The minimum atomic E-state index is -0.530. The van der Waals surface area contributed by atoms with E-state index in [4.69, 9.17) is 5.26 Å². The van der Waals surface area contributed by atoms with E-state index in [0.717, 1.165) is 5.56 Å². The van der Waals surface area contributed by atoms with Crippen LogP contribution in [0.1, 0.15) is 22.6 Å². The van der Waals surface area contributed by atoms with Crippen molar-refractivity contribution in [2.45, 2.75) is 12.8 Å². The number of nitrogens with zero attached hydrogens (tertiary/aromatic N) is 1. The van der Waals surface area contributed by atoms with Gasteiger partial charge in [-0.1, -0.05) is 17.7 Å². The van der Waals surface area contributed by atoms with Gasteiger partial charge in [0.2, 0.25) is 0 Å². The lowest BCUT2D eigenvalue weighted by Gasteiger charge is -2.09. The molecule has 0 spiro atoms. The van der Waals surface area contributed by atoms with Gasteiger partial charge >= 0.3 is 0 Å². The fourth-order valence-electron chi connectivity index (χ4n) is 1.20. The summed E-state index contributed by atoms with van der Waals surface area (Å²) in [4.78, 5) is 0. The minimum Gasteiger partial charge on any atom is -0.250 e. The van der Waals surface area contributed by atoms with Crippen molar-refractivity contribution in [3.8, 4) is 6.07 Å². The zero-order valence-corrected chi connectivity index (χ0v) is 7.55. The molecule has 0 fully saturated rings. The maximum Gasteiger partial charge on any atom is 0.0994 e. The van der Waals surface area contributed by atoms with Crippen LogP contribution >= 0.6 is 0 Å². The molecular weight excluding hydrogens is 165 g/mol. The third kappa shape index (κ3) is 2.06. The van der Waals surface area contributed by atoms with Crippen molar-refractivity contribution in [3.05, 3.63) is 41.8 Å². The summed E-state index contributed by atoms with van der Waals surface area (Å²) in [5.41, 5.74) is 2.24. The van der Waals surface area contributed by atoms with Crippen LogP contribution in [0.15, 0.2) is 18.2 Å². The van der Waals surface area contributed by atoms with Gasteiger partial charge in [-0.25, -0.2) is 0 Å². The minimum absolute atomic E-state index is 0.436. The SMILES string of the molecule is [CH2]C(CF)c1cc(C)ccc1C#N. The van der Waals surface area contributed by atoms with E-state index in [1.54, 1.807) is 6.07 Å². The van der Waals surface area contributed by atoms with Crippen molar-refractivity contribution in [1.29, 1.82) is 5.26 Å². The Labute approximate surface area is 77.8 Å². The lowest BCUT2D eigenvalue weighted by atomic mass is 9.95. The highest BCUT2D eigenvalue weighted by atomic mass is 19.1. The Hall–Kier alpha value is -1.36. The quantitative estimate of drug-likeness (QED) is 0.679. The van der Waals surface area contributed by atoms with E-state index in [1.807, 2.05) is 25.1 Å². The summed E-state index contributed by atoms with van der Waals surface area (Å²) in [5, 5.41) is 8.75. The Morgan fingerprint density at radius 1 is 1.62 bits per heavy atom. The van der Waals surface area contributed by atoms with Crippen LogP contribution in [-0.2, 0) is 0 Å². The first-order valence-corrected chi connectivity index (χ1v) is 4.08. The van der Waals surface area contributed by atoms with Crippen LogP contribution < -0.4 is 0 Å². The van der Waals surface area contributed by atoms with E-state index in [9.17, 15) is 4.39 Å². The molecule has 1 atom stereocenters. The molecular formula is C11H11FN. The standard InChI is InChI=1S/C11H11FN/c1-8-3-4-10(7-13)11(5-8)9(2)6-12/h3-5,9H,2,6H2,1H3. The maximum absolute atomic E-state index is 12.3. The molecule has 0 saturated heterocycles. The lowest BCUT2D eigenvalue weighted by Crippen LogP contribution is -1.99. The highest BCUT2D eigenvalue weighted by Crippen LogP contribution is 2.20. The number of hydrogen-bond donors (Lipinski definition) is 0. The summed E-state index contributed by atoms with van der Waals surface area (Å²) in [6, 6.07) is 7.39. The summed E-state index contributed by atoms with van der Waals surface area (Å²) in [6.07, 6.45) is 0. The monoisotopic (exact) mass is 176 g/mol. The summed E-state index contributed by atoms with van der Waals surface area (Å²) >= 11 is 0. The molecule has 0 aliphatic heterocycles. The molecule has 1 nitrogen and oxygen atoms in total. The Kier molecular flexibility index (Phi) is 3.02. The number of benzene rings is 1. The van der Waals surface area contributed by atoms with Crippen molar-refractivity contribution in [3.63, 3.8) is 0 Å². The molecule has 0 N–H and O–H groups in total. The van der Waals surface area contributed by atoms with Crippen LogP contribution in [0.25, 0.3) is 0 Å². The first-order valence-electron chi connectivity index (χ1n) is 4.08. The first kappa shape index (κ1) is 9.73. The number of nitriles is 1. The molecule has 1 aromatic rings. The molecule has 67 valence electrons. The van der Waals surface area contributed by atoms with Gasteiger partial charge in [0.15, 0.2) is 0 Å². The molecule has 0 aliphatic carbocycles. The van der Waals surface area contributed by atoms with Crippen molar-refractivity contribution in [1.82, 2.24) is 0 Å². The van der Waals surface area contributed by atoms with E-state index in [2.05, 4.69) is 6.92 Å². The molecule has 0 heterocycles. The summed E-state index contributed by atoms with van der Waals surface area (Å²) < 4.78 is 12.3. The Bertz CT molecular complexity index is 338. The molecule has 0 saturated carbocycles. The van der Waals surface area contributed by atoms with Gasteiger partial charge in [0.1, 0.15) is 0 Å². The van der Waals surface area contributed by atoms with Crippen LogP contribution in [-0.4, -0.2) is 6.67 Å². The summed E-state index contributed by atoms with van der Waals surface area (Å²) in [7, 11) is 0. The second kappa shape index (κ2) is 4.04. The van der Waals surface area contributed by atoms with Crippen molar-refractivity contribution in [2.24, 2.45) is 0 Å². The van der Waals surface area contributed by atoms with Crippen molar-refractivity contribution in [2.75, 3.05) is 6.67 Å². The van der Waals surface area contributed by atoms with Crippen molar-refractivity contribution >= 4 is 0 Å². The zero-order chi connectivity index (χ0) is 9.84. The zero-order valence-electron chi connectivity index (χ0n) is 7.55. The van der Waals surface area contributed by atoms with E-state index >= 15 is 0 Å². The maximum atomic E-state index is 12.3. The third-order valence-corrected chi connectivity index (χ3v) is 1.95. The lowest BCUT2D eigenvalue weighted by molar-refractivity contribution is 0.465. The molecule has 1 radical (unpaired) electrons. The first-order chi connectivity index (χ1) is 6.19. The number of hydrogen-bond acceptors (Lipinski definition) is 1. The van der Waals surface area contributed by atoms with Crippen LogP contribution in [0.3, 0.4) is 0 Å². The molecule has 1 aromatic carbocycles. The molecule has 1 unspecified atom stereocenters. The van der Waals surface area contributed by atoms with E-state index in [-0.39, 0.29) is 0 Å². The predicted molar refractivity (Wildman–Crippen MR) is 50.0 cm³/mol. The molecule has 13 heavy (non-hydrogen) atoms. The van der Waals surface area contributed by atoms with Crippen LogP contribution in [0.4, 0.5) is 4.39 Å². The molecule has 0 bridgehead atoms. The number of halogens is 1. The average Bonchev–Trinajstić information content (AvgIpc) is 2.16. The van der Waals surface area contributed by atoms with Gasteiger partial charge in [-0.2, -0.15) is 5.26 Å². The predicted octanol–water partition coefficient (Wildman–Crippen LogP) is 2.75. The average molecular weight is 176 g/mol. The highest BCUT2D eigenvalue weighted by Gasteiger charge is 2.10. The van der Waals surface area contributed by atoms with Gasteiger partial charge in [0.25, 0.3) is 0 Å². The summed E-state index contributed by atoms with van der Waals surface area (Å²) in [6.45, 7) is 5.03. The van der Waals surface area contributed by atoms with Gasteiger partial charge in [-0.3, -0.25) is 4.39 Å². The normalized spacial score (nSPS) is 12.2. The number of alkyl halides is 1. The Morgan fingerprint density at radius 2 is 2.31 bits per heavy atom. The third-order valence-electron chi connectivity index (χ3n) is 1.95. The number of aryl methyl sites for hydroxylation is 1. The molecule has 0 aliphatic rings. The molecule has 1 rings (SSSR count). The van der Waals surface area contributed by atoms with E-state index < -0.39 is 12.6 Å². The Balaban J connectivity index is 3.17. The van der Waals surface area contributed by atoms with Crippen LogP contribution in [0.5, 0.6) is 0 Å². The van der Waals surface area contributed by atoms with E-state index in [1.165, 1.54) is 0 Å². The van der Waals surface area contributed by atoms with Gasteiger partial charge < -0.3 is 0 Å². The van der Waals surface area contributed by atoms with Crippen LogP contribution in [0.2, 0.25) is 0 Å². The fraction of sp³-hybridized carbons (Fsp3) is 0.273. The fourth-order valence-corrected chi connectivity index (χ4v) is 1.20.